The van der Waals surface area contributed by atoms with Crippen molar-refractivity contribution in [1.82, 2.24) is 15.2 Å². The Morgan fingerprint density at radius 3 is 2.55 bits per heavy atom. The normalized spacial score (nSPS) is 19.7. The average molecular weight is 488 g/mol. The number of rotatable bonds is 5. The number of aromatic nitrogens is 1. The minimum absolute atomic E-state index is 0.150. The summed E-state index contributed by atoms with van der Waals surface area (Å²) in [6, 6.07) is 8.41. The monoisotopic (exact) mass is 487 g/mol. The molecule has 2 fully saturated rings. The number of hydrogen-bond donors (Lipinski definition) is 1. The molecule has 2 heterocycles. The Hall–Kier alpha value is -1.66. The van der Waals surface area contributed by atoms with Gasteiger partial charge in [-0.05, 0) is 63.9 Å². The van der Waals surface area contributed by atoms with Crippen molar-refractivity contribution in [2.45, 2.75) is 77.3 Å². The minimum Gasteiger partial charge on any atom is -0.441 e. The Labute approximate surface area is 194 Å². The molecule has 0 bridgehead atoms. The molecule has 1 amide bonds. The first-order valence-corrected chi connectivity index (χ1v) is 12.6. The van der Waals surface area contributed by atoms with Gasteiger partial charge in [-0.25, -0.2) is 4.98 Å². The zero-order valence-corrected chi connectivity index (χ0v) is 20.1. The molecule has 0 radical (unpaired) electrons. The number of aryl methyl sites for hydroxylation is 1. The van der Waals surface area contributed by atoms with Gasteiger partial charge in [0.05, 0.1) is 5.69 Å². The quantitative estimate of drug-likeness (QED) is 0.574. The lowest BCUT2D eigenvalue weighted by Gasteiger charge is -2.32. The van der Waals surface area contributed by atoms with E-state index in [1.807, 2.05) is 31.2 Å². The van der Waals surface area contributed by atoms with Crippen molar-refractivity contribution in [2.75, 3.05) is 13.1 Å². The van der Waals surface area contributed by atoms with Gasteiger partial charge in [0, 0.05) is 28.5 Å². The molecule has 1 aliphatic carbocycles. The zero-order valence-electron chi connectivity index (χ0n) is 18.5. The number of likely N-dealkylation sites (tertiary alicyclic amines) is 1. The Balaban J connectivity index is 1.28. The minimum atomic E-state index is 0.150. The smallest absolute Gasteiger partial charge is 0.226 e. The van der Waals surface area contributed by atoms with Gasteiger partial charge in [0.25, 0.3) is 0 Å². The first kappa shape index (κ1) is 22.5. The largest absolute Gasteiger partial charge is 0.441 e. The fourth-order valence-corrected chi connectivity index (χ4v) is 5.20. The summed E-state index contributed by atoms with van der Waals surface area (Å²) in [6.45, 7) is 4.63. The molecular weight excluding hydrogens is 454 g/mol. The number of hydrogen-bond acceptors (Lipinski definition) is 4. The third kappa shape index (κ3) is 6.19. The van der Waals surface area contributed by atoms with Crippen molar-refractivity contribution >= 4 is 21.8 Å². The molecule has 0 unspecified atom stereocenters. The lowest BCUT2D eigenvalue weighted by atomic mass is 9.93. The Morgan fingerprint density at radius 1 is 1.13 bits per heavy atom. The fourth-order valence-electron chi connectivity index (χ4n) is 4.80. The van der Waals surface area contributed by atoms with Crippen molar-refractivity contribution in [3.63, 3.8) is 0 Å². The van der Waals surface area contributed by atoms with E-state index in [0.29, 0.717) is 11.9 Å². The maximum atomic E-state index is 12.8. The molecule has 4 rings (SSSR count). The number of carbonyl (C=O) groups is 1. The Bertz CT molecular complexity index is 865. The van der Waals surface area contributed by atoms with E-state index in [1.54, 1.807) is 0 Å². The summed E-state index contributed by atoms with van der Waals surface area (Å²) in [5.74, 6) is 1.97. The van der Waals surface area contributed by atoms with Gasteiger partial charge in [-0.1, -0.05) is 54.1 Å². The highest BCUT2D eigenvalue weighted by Gasteiger charge is 2.27. The van der Waals surface area contributed by atoms with E-state index in [1.165, 1.54) is 32.1 Å². The van der Waals surface area contributed by atoms with Crippen LogP contribution in [-0.2, 0) is 11.3 Å². The van der Waals surface area contributed by atoms with Crippen LogP contribution in [0.5, 0.6) is 0 Å². The van der Waals surface area contributed by atoms with E-state index >= 15 is 0 Å². The van der Waals surface area contributed by atoms with Crippen molar-refractivity contribution < 1.29 is 9.21 Å². The summed E-state index contributed by atoms with van der Waals surface area (Å²) in [6.07, 6.45) is 10.6. The van der Waals surface area contributed by atoms with Crippen LogP contribution in [-0.4, -0.2) is 34.9 Å². The van der Waals surface area contributed by atoms with Crippen LogP contribution >= 0.6 is 15.9 Å². The van der Waals surface area contributed by atoms with Crippen LogP contribution in [0.25, 0.3) is 11.5 Å². The summed E-state index contributed by atoms with van der Waals surface area (Å²) in [7, 11) is 0. The van der Waals surface area contributed by atoms with E-state index in [2.05, 4.69) is 26.1 Å². The first-order chi connectivity index (χ1) is 15.1. The van der Waals surface area contributed by atoms with Gasteiger partial charge in [-0.15, -0.1) is 0 Å². The summed E-state index contributed by atoms with van der Waals surface area (Å²) < 4.78 is 6.95. The van der Waals surface area contributed by atoms with E-state index in [0.717, 1.165) is 66.8 Å². The number of halogens is 1. The van der Waals surface area contributed by atoms with Gasteiger partial charge in [0.15, 0.2) is 0 Å². The fraction of sp³-hybridized carbons (Fsp3) is 0.600. The molecule has 1 N–H and O–H groups in total. The highest BCUT2D eigenvalue weighted by molar-refractivity contribution is 9.10. The van der Waals surface area contributed by atoms with Gasteiger partial charge in [0.1, 0.15) is 5.76 Å². The van der Waals surface area contributed by atoms with Crippen LogP contribution in [0.1, 0.15) is 69.2 Å². The second-order valence-electron chi connectivity index (χ2n) is 9.13. The lowest BCUT2D eigenvalue weighted by molar-refractivity contribution is -0.127. The molecule has 168 valence electrons. The molecule has 1 aliphatic heterocycles. The number of piperidine rings is 1. The molecule has 2 aliphatic rings. The SMILES string of the molecule is Cc1oc(-c2cccc(Br)c2)nc1CN1CCC(C(=O)NC2CCCCCCC2)CC1. The maximum absolute atomic E-state index is 12.8. The second kappa shape index (κ2) is 10.8. The molecule has 0 spiro atoms. The van der Waals surface area contributed by atoms with Gasteiger partial charge in [-0.3, -0.25) is 9.69 Å². The summed E-state index contributed by atoms with van der Waals surface area (Å²) in [5.41, 5.74) is 1.97. The van der Waals surface area contributed by atoms with Gasteiger partial charge >= 0.3 is 0 Å². The molecule has 2 aromatic rings. The molecule has 6 heteroatoms. The number of carbonyl (C=O) groups excluding carboxylic acids is 1. The van der Waals surface area contributed by atoms with E-state index in [-0.39, 0.29) is 11.8 Å². The van der Waals surface area contributed by atoms with Crippen molar-refractivity contribution in [3.05, 3.63) is 40.2 Å². The Kier molecular flexibility index (Phi) is 7.83. The lowest BCUT2D eigenvalue weighted by Crippen LogP contribution is -2.43. The van der Waals surface area contributed by atoms with Crippen molar-refractivity contribution in [1.29, 1.82) is 0 Å². The molecule has 1 saturated carbocycles. The zero-order chi connectivity index (χ0) is 21.6. The van der Waals surface area contributed by atoms with Crippen LogP contribution in [0, 0.1) is 12.8 Å². The van der Waals surface area contributed by atoms with E-state index < -0.39 is 0 Å². The van der Waals surface area contributed by atoms with Crippen LogP contribution in [0.4, 0.5) is 0 Å². The van der Waals surface area contributed by atoms with Crippen LogP contribution in [0.15, 0.2) is 33.2 Å². The van der Waals surface area contributed by atoms with Crippen LogP contribution in [0.3, 0.4) is 0 Å². The molecule has 0 atom stereocenters. The summed E-state index contributed by atoms with van der Waals surface area (Å²) >= 11 is 3.51. The third-order valence-electron chi connectivity index (χ3n) is 6.75. The summed E-state index contributed by atoms with van der Waals surface area (Å²) in [4.78, 5) is 20.0. The second-order valence-corrected chi connectivity index (χ2v) is 10.0. The topological polar surface area (TPSA) is 58.4 Å². The number of nitrogens with zero attached hydrogens (tertiary/aromatic N) is 2. The summed E-state index contributed by atoms with van der Waals surface area (Å²) in [5, 5.41) is 3.37. The predicted molar refractivity (Wildman–Crippen MR) is 127 cm³/mol. The third-order valence-corrected chi connectivity index (χ3v) is 7.24. The van der Waals surface area contributed by atoms with Crippen molar-refractivity contribution in [3.8, 4) is 11.5 Å². The van der Waals surface area contributed by atoms with Gasteiger partial charge < -0.3 is 9.73 Å². The van der Waals surface area contributed by atoms with Crippen LogP contribution in [0.2, 0.25) is 0 Å². The Morgan fingerprint density at radius 2 is 1.84 bits per heavy atom. The predicted octanol–water partition coefficient (Wildman–Crippen LogP) is 5.85. The number of amides is 1. The van der Waals surface area contributed by atoms with E-state index in [4.69, 9.17) is 9.40 Å². The molecular formula is C25H34BrN3O2. The van der Waals surface area contributed by atoms with Gasteiger partial charge in [-0.2, -0.15) is 0 Å². The van der Waals surface area contributed by atoms with Crippen LogP contribution < -0.4 is 5.32 Å². The molecule has 31 heavy (non-hydrogen) atoms. The van der Waals surface area contributed by atoms with E-state index in [9.17, 15) is 4.79 Å². The first-order valence-electron chi connectivity index (χ1n) is 11.8. The molecule has 1 aromatic heterocycles. The maximum Gasteiger partial charge on any atom is 0.226 e. The molecule has 1 saturated heterocycles. The molecule has 1 aromatic carbocycles. The standard InChI is InChI=1S/C25H34BrN3O2/c1-18-23(28-25(31-18)20-8-7-9-21(26)16-20)17-29-14-12-19(13-15-29)24(30)27-22-10-5-3-2-4-6-11-22/h7-9,16,19,22H,2-6,10-15,17H2,1H3,(H,27,30). The highest BCUT2D eigenvalue weighted by atomic mass is 79.9. The van der Waals surface area contributed by atoms with Gasteiger partial charge in [0.2, 0.25) is 11.8 Å². The molecule has 5 nitrogen and oxygen atoms in total. The van der Waals surface area contributed by atoms with Crippen molar-refractivity contribution in [2.24, 2.45) is 5.92 Å². The average Bonchev–Trinajstić information content (AvgIpc) is 3.11. The highest BCUT2D eigenvalue weighted by Crippen LogP contribution is 2.27. The number of benzene rings is 1. The number of oxazole rings is 1. The number of nitrogens with one attached hydrogen (secondary N) is 1.